The van der Waals surface area contributed by atoms with Crippen LogP contribution < -0.4 is 0 Å². The number of hydrogen-bond donors (Lipinski definition) is 0. The van der Waals surface area contributed by atoms with Crippen LogP contribution in [0.15, 0.2) is 30.5 Å². The second-order valence-corrected chi connectivity index (χ2v) is 6.32. The van der Waals surface area contributed by atoms with Crippen LogP contribution in [0.4, 0.5) is 0 Å². The van der Waals surface area contributed by atoms with Gasteiger partial charge in [0.25, 0.3) is 0 Å². The Hall–Kier alpha value is -1.56. The molecule has 1 saturated heterocycles. The summed E-state index contributed by atoms with van der Waals surface area (Å²) in [6.45, 7) is 3.23. The average molecular weight is 355 g/mol. The summed E-state index contributed by atoms with van der Waals surface area (Å²) in [7, 11) is 0. The molecule has 2 aromatic rings. The molecule has 0 spiro atoms. The highest BCUT2D eigenvalue weighted by atomic mass is 35.5. The molecule has 2 unspecified atom stereocenters. The minimum Gasteiger partial charge on any atom is -0.458 e. The maximum Gasteiger partial charge on any atom is 0.359 e. The summed E-state index contributed by atoms with van der Waals surface area (Å²) in [4.78, 5) is 12.2. The van der Waals surface area contributed by atoms with E-state index in [0.717, 1.165) is 13.0 Å². The molecule has 1 aromatic heterocycles. The van der Waals surface area contributed by atoms with Gasteiger partial charge in [-0.25, -0.2) is 9.48 Å². The van der Waals surface area contributed by atoms with Gasteiger partial charge in [-0.2, -0.15) is 5.10 Å². The van der Waals surface area contributed by atoms with E-state index in [1.54, 1.807) is 30.5 Å². The fraction of sp³-hybridized carbons (Fsp3) is 0.375. The zero-order valence-corrected chi connectivity index (χ0v) is 14.0. The van der Waals surface area contributed by atoms with Crippen LogP contribution in [-0.4, -0.2) is 35.1 Å². The molecular weight excluding hydrogens is 339 g/mol. The molecule has 0 amide bonds. The summed E-state index contributed by atoms with van der Waals surface area (Å²) >= 11 is 12.0. The number of benzene rings is 1. The molecule has 1 aliphatic heterocycles. The Bertz CT molecular complexity index is 711. The van der Waals surface area contributed by atoms with Crippen molar-refractivity contribution in [2.75, 3.05) is 13.2 Å². The number of aromatic nitrogens is 2. The minimum absolute atomic E-state index is 0.200. The molecule has 0 N–H and O–H groups in total. The standard InChI is InChI=1S/C16H16Cl2N2O3/c1-10(11-5-7-22-9-11)23-16(21)14-4-6-20(19-14)15-3-2-12(17)8-13(15)18/h2-4,6,8,10-11H,5,7,9H2,1H3. The molecule has 5 nitrogen and oxygen atoms in total. The lowest BCUT2D eigenvalue weighted by Crippen LogP contribution is -2.24. The maximum absolute atomic E-state index is 12.2. The Morgan fingerprint density at radius 1 is 1.43 bits per heavy atom. The first-order chi connectivity index (χ1) is 11.0. The van der Waals surface area contributed by atoms with Crippen LogP contribution in [0.3, 0.4) is 0 Å². The third-order valence-electron chi connectivity index (χ3n) is 3.88. The van der Waals surface area contributed by atoms with Gasteiger partial charge in [0.15, 0.2) is 5.69 Å². The molecule has 1 aromatic carbocycles. The molecule has 1 aliphatic rings. The molecule has 0 radical (unpaired) electrons. The van der Waals surface area contributed by atoms with Gasteiger partial charge in [-0.15, -0.1) is 0 Å². The van der Waals surface area contributed by atoms with Crippen molar-refractivity contribution in [3.63, 3.8) is 0 Å². The number of carbonyl (C=O) groups is 1. The molecular formula is C16H16Cl2N2O3. The molecule has 23 heavy (non-hydrogen) atoms. The van der Waals surface area contributed by atoms with Crippen LogP contribution in [0, 0.1) is 5.92 Å². The maximum atomic E-state index is 12.2. The fourth-order valence-corrected chi connectivity index (χ4v) is 2.98. The van der Waals surface area contributed by atoms with E-state index in [9.17, 15) is 4.79 Å². The molecule has 3 rings (SSSR count). The quantitative estimate of drug-likeness (QED) is 0.784. The SMILES string of the molecule is CC(OC(=O)c1ccn(-c2ccc(Cl)cc2Cl)n1)C1CCOC1. The number of halogens is 2. The third kappa shape index (κ3) is 3.68. The normalized spacial score (nSPS) is 18.8. The summed E-state index contributed by atoms with van der Waals surface area (Å²) in [6.07, 6.45) is 2.37. The average Bonchev–Trinajstić information content (AvgIpc) is 3.19. The summed E-state index contributed by atoms with van der Waals surface area (Å²) in [5, 5.41) is 5.23. The number of esters is 1. The Kier molecular flexibility index (Phi) is 4.90. The largest absolute Gasteiger partial charge is 0.458 e. The number of rotatable bonds is 4. The highest BCUT2D eigenvalue weighted by Crippen LogP contribution is 2.24. The van der Waals surface area contributed by atoms with Gasteiger partial charge < -0.3 is 9.47 Å². The summed E-state index contributed by atoms with van der Waals surface area (Å²) in [5.74, 6) is -0.208. The monoisotopic (exact) mass is 354 g/mol. The first-order valence-electron chi connectivity index (χ1n) is 7.34. The van der Waals surface area contributed by atoms with Crippen LogP contribution in [0.5, 0.6) is 0 Å². The summed E-state index contributed by atoms with van der Waals surface area (Å²) in [5.41, 5.74) is 0.883. The van der Waals surface area contributed by atoms with Crippen molar-refractivity contribution in [2.24, 2.45) is 5.92 Å². The first kappa shape index (κ1) is 16.3. The fourth-order valence-electron chi connectivity index (χ4n) is 2.48. The lowest BCUT2D eigenvalue weighted by Gasteiger charge is -2.17. The van der Waals surface area contributed by atoms with Crippen molar-refractivity contribution < 1.29 is 14.3 Å². The van der Waals surface area contributed by atoms with Crippen molar-refractivity contribution in [3.05, 3.63) is 46.2 Å². The Labute approximate surface area is 144 Å². The lowest BCUT2D eigenvalue weighted by atomic mass is 10.0. The van der Waals surface area contributed by atoms with Crippen molar-refractivity contribution in [1.29, 1.82) is 0 Å². The predicted molar refractivity (Wildman–Crippen MR) is 87.4 cm³/mol. The topological polar surface area (TPSA) is 53.4 Å². The second-order valence-electron chi connectivity index (χ2n) is 5.48. The van der Waals surface area contributed by atoms with E-state index < -0.39 is 5.97 Å². The van der Waals surface area contributed by atoms with Gasteiger partial charge in [0.1, 0.15) is 6.10 Å². The van der Waals surface area contributed by atoms with Crippen LogP contribution in [0.25, 0.3) is 5.69 Å². The van der Waals surface area contributed by atoms with Crippen LogP contribution in [0.2, 0.25) is 10.0 Å². The van der Waals surface area contributed by atoms with Crippen molar-refractivity contribution >= 4 is 29.2 Å². The lowest BCUT2D eigenvalue weighted by molar-refractivity contribution is 0.0173. The molecule has 7 heteroatoms. The smallest absolute Gasteiger partial charge is 0.359 e. The van der Waals surface area contributed by atoms with E-state index in [2.05, 4.69) is 5.10 Å². The van der Waals surface area contributed by atoms with Gasteiger partial charge in [0.2, 0.25) is 0 Å². The summed E-state index contributed by atoms with van der Waals surface area (Å²) < 4.78 is 12.3. The van der Waals surface area contributed by atoms with Gasteiger partial charge in [-0.1, -0.05) is 23.2 Å². The van der Waals surface area contributed by atoms with Crippen LogP contribution >= 0.6 is 23.2 Å². The van der Waals surface area contributed by atoms with Gasteiger partial charge in [-0.3, -0.25) is 0 Å². The zero-order chi connectivity index (χ0) is 16.4. The van der Waals surface area contributed by atoms with E-state index in [1.165, 1.54) is 4.68 Å². The third-order valence-corrected chi connectivity index (χ3v) is 4.41. The number of carbonyl (C=O) groups excluding carboxylic acids is 1. The van der Waals surface area contributed by atoms with E-state index in [-0.39, 0.29) is 17.7 Å². The number of nitrogens with zero attached hydrogens (tertiary/aromatic N) is 2. The molecule has 0 bridgehead atoms. The zero-order valence-electron chi connectivity index (χ0n) is 12.5. The Morgan fingerprint density at radius 3 is 2.96 bits per heavy atom. The van der Waals surface area contributed by atoms with E-state index in [4.69, 9.17) is 32.7 Å². The van der Waals surface area contributed by atoms with Gasteiger partial charge in [0.05, 0.1) is 17.3 Å². The van der Waals surface area contributed by atoms with Crippen molar-refractivity contribution in [3.8, 4) is 5.69 Å². The van der Waals surface area contributed by atoms with Crippen molar-refractivity contribution in [1.82, 2.24) is 9.78 Å². The van der Waals surface area contributed by atoms with E-state index >= 15 is 0 Å². The van der Waals surface area contributed by atoms with Gasteiger partial charge >= 0.3 is 5.97 Å². The van der Waals surface area contributed by atoms with Gasteiger partial charge in [0, 0.05) is 23.7 Å². The molecule has 0 aliphatic carbocycles. The molecule has 2 atom stereocenters. The highest BCUT2D eigenvalue weighted by molar-refractivity contribution is 6.35. The second kappa shape index (κ2) is 6.91. The molecule has 0 saturated carbocycles. The minimum atomic E-state index is -0.451. The number of ether oxygens (including phenoxy) is 2. The van der Waals surface area contributed by atoms with E-state index in [1.807, 2.05) is 6.92 Å². The molecule has 122 valence electrons. The molecule has 1 fully saturated rings. The van der Waals surface area contributed by atoms with E-state index in [0.29, 0.717) is 22.3 Å². The summed E-state index contributed by atoms with van der Waals surface area (Å²) in [6, 6.07) is 6.68. The Balaban J connectivity index is 1.72. The number of hydrogen-bond acceptors (Lipinski definition) is 4. The predicted octanol–water partition coefficient (Wildman–Crippen LogP) is 3.76. The molecule has 2 heterocycles. The highest BCUT2D eigenvalue weighted by Gasteiger charge is 2.26. The first-order valence-corrected chi connectivity index (χ1v) is 8.10. The van der Waals surface area contributed by atoms with Crippen LogP contribution in [-0.2, 0) is 9.47 Å². The Morgan fingerprint density at radius 2 is 2.26 bits per heavy atom. The van der Waals surface area contributed by atoms with Gasteiger partial charge in [-0.05, 0) is 37.6 Å². The van der Waals surface area contributed by atoms with Crippen LogP contribution in [0.1, 0.15) is 23.8 Å². The van der Waals surface area contributed by atoms with Crippen molar-refractivity contribution in [2.45, 2.75) is 19.4 Å².